The second-order valence-corrected chi connectivity index (χ2v) is 10.3. The highest BCUT2D eigenvalue weighted by Gasteiger charge is 2.59. The summed E-state index contributed by atoms with van der Waals surface area (Å²) in [7, 11) is 0. The largest absolute Gasteiger partial charge is 0.323 e. The van der Waals surface area contributed by atoms with Crippen molar-refractivity contribution >= 4 is 35.1 Å². The second-order valence-electron chi connectivity index (χ2n) is 9.03. The lowest BCUT2D eigenvalue weighted by Gasteiger charge is -2.33. The van der Waals surface area contributed by atoms with E-state index in [-0.39, 0.29) is 12.5 Å². The topological polar surface area (TPSA) is 52.7 Å². The zero-order valence-electron chi connectivity index (χ0n) is 19.4. The SMILES string of the molecule is CC(C)c1ccc(NC(=O)N2CCS[C@]23C(=O)N(Cc2cccc(F)c2)c2ccc(F)cc23)cc1. The number of benzene rings is 3. The fourth-order valence-corrected chi connectivity index (χ4v) is 6.16. The number of carbonyl (C=O) groups excluding carboxylic acids is 2. The van der Waals surface area contributed by atoms with Gasteiger partial charge in [-0.15, -0.1) is 11.8 Å². The van der Waals surface area contributed by atoms with Crippen molar-refractivity contribution in [3.63, 3.8) is 0 Å². The van der Waals surface area contributed by atoms with Crippen LogP contribution in [0.4, 0.5) is 25.0 Å². The summed E-state index contributed by atoms with van der Waals surface area (Å²) in [4.78, 5) is 29.0. The van der Waals surface area contributed by atoms with Crippen LogP contribution in [0.25, 0.3) is 0 Å². The third-order valence-electron chi connectivity index (χ3n) is 6.46. The minimum absolute atomic E-state index is 0.115. The summed E-state index contributed by atoms with van der Waals surface area (Å²) >= 11 is 1.32. The molecule has 2 heterocycles. The molecule has 5 nitrogen and oxygen atoms in total. The van der Waals surface area contributed by atoms with Crippen molar-refractivity contribution in [2.24, 2.45) is 0 Å². The van der Waals surface area contributed by atoms with E-state index in [0.29, 0.717) is 40.7 Å². The third kappa shape index (κ3) is 4.05. The number of hydrogen-bond acceptors (Lipinski definition) is 3. The average Bonchev–Trinajstić information content (AvgIpc) is 3.37. The molecule has 0 saturated carbocycles. The number of nitrogens with one attached hydrogen (secondary N) is 1. The van der Waals surface area contributed by atoms with Gasteiger partial charge in [-0.2, -0.15) is 0 Å². The maximum atomic E-state index is 14.4. The van der Waals surface area contributed by atoms with Gasteiger partial charge >= 0.3 is 6.03 Å². The average molecular weight is 494 g/mol. The van der Waals surface area contributed by atoms with E-state index in [1.54, 1.807) is 18.2 Å². The van der Waals surface area contributed by atoms with Crippen LogP contribution in [0.2, 0.25) is 0 Å². The zero-order chi connectivity index (χ0) is 24.7. The van der Waals surface area contributed by atoms with Crippen LogP contribution in [0.15, 0.2) is 66.7 Å². The Morgan fingerprint density at radius 3 is 2.51 bits per heavy atom. The lowest BCUT2D eigenvalue weighted by Crippen LogP contribution is -2.51. The number of fused-ring (bicyclic) bond motifs is 2. The molecule has 3 aromatic carbocycles. The van der Waals surface area contributed by atoms with E-state index < -0.39 is 22.5 Å². The van der Waals surface area contributed by atoms with Crippen LogP contribution in [0, 0.1) is 11.6 Å². The van der Waals surface area contributed by atoms with E-state index in [0.717, 1.165) is 5.56 Å². The zero-order valence-corrected chi connectivity index (χ0v) is 20.2. The molecule has 3 aromatic rings. The minimum Gasteiger partial charge on any atom is -0.308 e. The molecule has 180 valence electrons. The summed E-state index contributed by atoms with van der Waals surface area (Å²) in [5.41, 5.74) is 3.34. The lowest BCUT2D eigenvalue weighted by molar-refractivity contribution is -0.123. The first-order valence-corrected chi connectivity index (χ1v) is 12.5. The molecule has 0 aliphatic carbocycles. The van der Waals surface area contributed by atoms with Crippen molar-refractivity contribution in [2.75, 3.05) is 22.5 Å². The predicted molar refractivity (Wildman–Crippen MR) is 134 cm³/mol. The van der Waals surface area contributed by atoms with E-state index >= 15 is 0 Å². The summed E-state index contributed by atoms with van der Waals surface area (Å²) in [6, 6.07) is 17.4. The predicted octanol–water partition coefficient (Wildman–Crippen LogP) is 6.07. The highest BCUT2D eigenvalue weighted by molar-refractivity contribution is 8.01. The Balaban J connectivity index is 1.49. The van der Waals surface area contributed by atoms with E-state index in [9.17, 15) is 18.4 Å². The Labute approximate surface area is 207 Å². The molecule has 1 saturated heterocycles. The van der Waals surface area contributed by atoms with Gasteiger partial charge in [0.1, 0.15) is 11.6 Å². The van der Waals surface area contributed by atoms with Crippen molar-refractivity contribution in [3.05, 3.63) is 95.1 Å². The standard InChI is InChI=1S/C27H25F2N3O2S/c1-17(2)19-6-9-22(10-7-19)30-26(34)32-12-13-35-27(32)23-15-21(29)8-11-24(23)31(25(27)33)16-18-4-3-5-20(28)14-18/h3-11,14-15,17H,12-13,16H2,1-2H3,(H,30,34)/t27-/m1/s1. The molecule has 0 bridgehead atoms. The quantitative estimate of drug-likeness (QED) is 0.480. The first-order chi connectivity index (χ1) is 16.8. The number of rotatable bonds is 4. The van der Waals surface area contributed by atoms with Gasteiger partial charge in [-0.05, 0) is 59.5 Å². The molecule has 35 heavy (non-hydrogen) atoms. The van der Waals surface area contributed by atoms with Gasteiger partial charge in [0.25, 0.3) is 5.91 Å². The molecule has 1 spiro atoms. The van der Waals surface area contributed by atoms with Crippen molar-refractivity contribution in [1.29, 1.82) is 0 Å². The summed E-state index contributed by atoms with van der Waals surface area (Å²) in [5.74, 6) is -0.335. The van der Waals surface area contributed by atoms with Crippen LogP contribution >= 0.6 is 11.8 Å². The van der Waals surface area contributed by atoms with Crippen molar-refractivity contribution < 1.29 is 18.4 Å². The Bertz CT molecular complexity index is 1300. The van der Waals surface area contributed by atoms with Gasteiger partial charge in [-0.3, -0.25) is 9.69 Å². The Kier molecular flexibility index (Phi) is 6.01. The third-order valence-corrected chi connectivity index (χ3v) is 7.88. The summed E-state index contributed by atoms with van der Waals surface area (Å²) < 4.78 is 28.2. The maximum Gasteiger partial charge on any atom is 0.323 e. The molecule has 2 aliphatic rings. The van der Waals surface area contributed by atoms with Gasteiger partial charge in [-0.25, -0.2) is 13.6 Å². The van der Waals surface area contributed by atoms with E-state index in [1.165, 1.54) is 45.8 Å². The molecule has 2 aliphatic heterocycles. The van der Waals surface area contributed by atoms with Crippen molar-refractivity contribution in [2.45, 2.75) is 31.2 Å². The van der Waals surface area contributed by atoms with Gasteiger partial charge in [-0.1, -0.05) is 38.1 Å². The second kappa shape index (κ2) is 9.00. The molecule has 3 amide bonds. The number of nitrogens with zero attached hydrogens (tertiary/aromatic N) is 2. The smallest absolute Gasteiger partial charge is 0.308 e. The molecule has 0 radical (unpaired) electrons. The minimum atomic E-state index is -1.38. The van der Waals surface area contributed by atoms with Crippen molar-refractivity contribution in [1.82, 2.24) is 4.90 Å². The molecule has 0 aromatic heterocycles. The summed E-state index contributed by atoms with van der Waals surface area (Å²) in [6.45, 7) is 4.63. The molecule has 1 fully saturated rings. The van der Waals surface area contributed by atoms with Crippen LogP contribution in [-0.2, 0) is 16.2 Å². The van der Waals surface area contributed by atoms with Crippen LogP contribution in [0.1, 0.15) is 36.5 Å². The summed E-state index contributed by atoms with van der Waals surface area (Å²) in [6.07, 6.45) is 0. The van der Waals surface area contributed by atoms with Crippen molar-refractivity contribution in [3.8, 4) is 0 Å². The van der Waals surface area contributed by atoms with Crippen LogP contribution in [-0.4, -0.2) is 29.1 Å². The van der Waals surface area contributed by atoms with Gasteiger partial charge in [0.05, 0.1) is 12.2 Å². The Hall–Kier alpha value is -3.39. The van der Waals surface area contributed by atoms with E-state index in [2.05, 4.69) is 19.2 Å². The number of hydrogen-bond donors (Lipinski definition) is 1. The highest BCUT2D eigenvalue weighted by Crippen LogP contribution is 2.54. The van der Waals surface area contributed by atoms with E-state index in [1.807, 2.05) is 24.3 Å². The molecule has 5 rings (SSSR count). The highest BCUT2D eigenvalue weighted by atomic mass is 32.2. The number of urea groups is 1. The maximum absolute atomic E-state index is 14.4. The monoisotopic (exact) mass is 493 g/mol. The summed E-state index contributed by atoms with van der Waals surface area (Å²) in [5, 5.41) is 2.90. The fraction of sp³-hybridized carbons (Fsp3) is 0.259. The Morgan fingerprint density at radius 2 is 1.80 bits per heavy atom. The first-order valence-electron chi connectivity index (χ1n) is 11.5. The molecule has 0 unspecified atom stereocenters. The van der Waals surface area contributed by atoms with Crippen LogP contribution in [0.3, 0.4) is 0 Å². The molecule has 1 N–H and O–H groups in total. The number of halogens is 2. The van der Waals surface area contributed by atoms with Gasteiger partial charge < -0.3 is 10.2 Å². The van der Waals surface area contributed by atoms with Crippen LogP contribution < -0.4 is 10.2 Å². The van der Waals surface area contributed by atoms with Crippen LogP contribution in [0.5, 0.6) is 0 Å². The molecular weight excluding hydrogens is 468 g/mol. The van der Waals surface area contributed by atoms with Gasteiger partial charge in [0.2, 0.25) is 0 Å². The van der Waals surface area contributed by atoms with Gasteiger partial charge in [0.15, 0.2) is 4.87 Å². The number of carbonyl (C=O) groups is 2. The fourth-order valence-electron chi connectivity index (χ4n) is 4.70. The van der Waals surface area contributed by atoms with Gasteiger partial charge in [0, 0.05) is 23.5 Å². The molecular formula is C27H25F2N3O2S. The molecule has 8 heteroatoms. The first kappa shape index (κ1) is 23.4. The number of amides is 3. The van der Waals surface area contributed by atoms with E-state index in [4.69, 9.17) is 0 Å². The number of thioether (sulfide) groups is 1. The normalized spacial score (nSPS) is 19.1. The lowest BCUT2D eigenvalue weighted by atomic mass is 10.0. The Morgan fingerprint density at radius 1 is 1.06 bits per heavy atom. The molecule has 1 atom stereocenters. The number of anilines is 2.